The molecule has 0 N–H and O–H groups in total. The molecule has 1 aliphatic heterocycles. The fraction of sp³-hybridized carbons (Fsp3) is 0.625. The molecule has 1 aromatic heterocycles. The molecule has 0 saturated carbocycles. The third kappa shape index (κ3) is 4.51. The van der Waals surface area contributed by atoms with E-state index in [1.165, 1.54) is 0 Å². The Bertz CT molecular complexity index is 450. The summed E-state index contributed by atoms with van der Waals surface area (Å²) in [6, 6.07) is 3.87. The van der Waals surface area contributed by atoms with E-state index < -0.39 is 0 Å². The second-order valence-electron chi connectivity index (χ2n) is 5.81. The van der Waals surface area contributed by atoms with Gasteiger partial charge in [-0.3, -0.25) is 14.7 Å². The quantitative estimate of drug-likeness (QED) is 0.740. The maximum absolute atomic E-state index is 11.6. The van der Waals surface area contributed by atoms with E-state index in [0.717, 1.165) is 45.0 Å². The zero-order valence-electron chi connectivity index (χ0n) is 13.4. The van der Waals surface area contributed by atoms with Gasteiger partial charge in [0, 0.05) is 45.7 Å². The van der Waals surface area contributed by atoms with Crippen molar-refractivity contribution < 1.29 is 4.79 Å². The van der Waals surface area contributed by atoms with E-state index in [0.29, 0.717) is 12.1 Å². The molecule has 116 valence electrons. The first-order valence-corrected chi connectivity index (χ1v) is 7.71. The second-order valence-corrected chi connectivity index (χ2v) is 5.81. The molecular weight excluding hydrogens is 264 g/mol. The molecule has 0 spiro atoms. The lowest BCUT2D eigenvalue weighted by molar-refractivity contribution is 0.0983. The number of carbonyl (C=O) groups excluding carboxylic acids is 1. The van der Waals surface area contributed by atoms with Crippen LogP contribution >= 0.6 is 0 Å². The monoisotopic (exact) mass is 290 g/mol. The number of carbonyl (C=O) groups is 1. The van der Waals surface area contributed by atoms with Gasteiger partial charge in [0.1, 0.15) is 5.69 Å². The van der Waals surface area contributed by atoms with Crippen LogP contribution in [0.25, 0.3) is 0 Å². The van der Waals surface area contributed by atoms with E-state index in [9.17, 15) is 4.79 Å². The largest absolute Gasteiger partial charge is 0.368 e. The topological polar surface area (TPSA) is 39.7 Å². The predicted octanol–water partition coefficient (Wildman–Crippen LogP) is 1.36. The van der Waals surface area contributed by atoms with Gasteiger partial charge in [-0.1, -0.05) is 6.92 Å². The minimum Gasteiger partial charge on any atom is -0.368 e. The molecule has 1 saturated heterocycles. The molecule has 1 aliphatic rings. The average Bonchev–Trinajstić information content (AvgIpc) is 2.53. The van der Waals surface area contributed by atoms with Gasteiger partial charge in [0.25, 0.3) is 0 Å². The fourth-order valence-corrected chi connectivity index (χ4v) is 2.49. The summed E-state index contributed by atoms with van der Waals surface area (Å²) in [5, 5.41) is 0. The van der Waals surface area contributed by atoms with Gasteiger partial charge in [-0.2, -0.15) is 0 Å². The van der Waals surface area contributed by atoms with E-state index in [4.69, 9.17) is 0 Å². The number of ketones is 1. The highest BCUT2D eigenvalue weighted by molar-refractivity contribution is 5.94. The third-order valence-electron chi connectivity index (χ3n) is 3.96. The third-order valence-corrected chi connectivity index (χ3v) is 3.96. The highest BCUT2D eigenvalue weighted by Crippen LogP contribution is 2.16. The van der Waals surface area contributed by atoms with Crippen LogP contribution in [0.3, 0.4) is 0 Å². The lowest BCUT2D eigenvalue weighted by Gasteiger charge is -2.36. The molecule has 21 heavy (non-hydrogen) atoms. The Morgan fingerprint density at radius 1 is 1.24 bits per heavy atom. The van der Waals surface area contributed by atoms with E-state index >= 15 is 0 Å². The Balaban J connectivity index is 1.86. The van der Waals surface area contributed by atoms with Gasteiger partial charge in [-0.15, -0.1) is 0 Å². The van der Waals surface area contributed by atoms with Crippen LogP contribution in [0.15, 0.2) is 18.3 Å². The molecule has 0 radical (unpaired) electrons. The number of hydrogen-bond donors (Lipinski definition) is 0. The van der Waals surface area contributed by atoms with Crippen molar-refractivity contribution in [2.45, 2.75) is 13.3 Å². The van der Waals surface area contributed by atoms with Gasteiger partial charge in [0.15, 0.2) is 5.78 Å². The molecule has 5 nitrogen and oxygen atoms in total. The van der Waals surface area contributed by atoms with Gasteiger partial charge in [-0.25, -0.2) is 0 Å². The van der Waals surface area contributed by atoms with Crippen molar-refractivity contribution >= 4 is 11.5 Å². The summed E-state index contributed by atoms with van der Waals surface area (Å²) in [6.07, 6.45) is 2.34. The summed E-state index contributed by atoms with van der Waals surface area (Å²) in [7, 11) is 4.22. The minimum atomic E-state index is 0.107. The van der Waals surface area contributed by atoms with E-state index in [2.05, 4.69) is 33.8 Å². The molecule has 0 amide bonds. The molecule has 0 bridgehead atoms. The number of likely N-dealkylation sites (N-methyl/N-ethyl adjacent to an activating group) is 1. The zero-order chi connectivity index (χ0) is 15.2. The van der Waals surface area contributed by atoms with Gasteiger partial charge < -0.3 is 9.80 Å². The number of anilines is 1. The number of piperazine rings is 1. The second kappa shape index (κ2) is 7.52. The summed E-state index contributed by atoms with van der Waals surface area (Å²) in [6.45, 7) is 8.32. The first kappa shape index (κ1) is 15.9. The Hall–Kier alpha value is -1.46. The molecule has 0 aromatic carbocycles. The maximum atomic E-state index is 11.6. The highest BCUT2D eigenvalue weighted by Gasteiger charge is 2.17. The van der Waals surface area contributed by atoms with E-state index in [1.807, 2.05) is 25.3 Å². The molecule has 0 atom stereocenters. The minimum absolute atomic E-state index is 0.107. The van der Waals surface area contributed by atoms with Crippen molar-refractivity contribution in [1.82, 2.24) is 14.8 Å². The summed E-state index contributed by atoms with van der Waals surface area (Å²) >= 11 is 0. The van der Waals surface area contributed by atoms with Crippen molar-refractivity contribution in [3.8, 4) is 0 Å². The zero-order valence-corrected chi connectivity index (χ0v) is 13.4. The molecule has 0 unspecified atom stereocenters. The Morgan fingerprint density at radius 3 is 2.48 bits per heavy atom. The molecular formula is C16H26N4O. The van der Waals surface area contributed by atoms with Crippen molar-refractivity contribution in [1.29, 1.82) is 0 Å². The number of pyridine rings is 1. The number of nitrogens with zero attached hydrogens (tertiary/aromatic N) is 4. The van der Waals surface area contributed by atoms with Crippen LogP contribution in [-0.2, 0) is 0 Å². The predicted molar refractivity (Wildman–Crippen MR) is 86.1 cm³/mol. The molecule has 5 heteroatoms. The standard InChI is InChI=1S/C16H26N4O/c1-4-16(21)15-6-5-14(13-17-15)20-11-9-19(10-12-20)8-7-18(2)3/h5-6,13H,4,7-12H2,1-3H3. The molecule has 2 heterocycles. The number of Topliss-reactive ketones (excluding diaryl/α,β-unsaturated/α-hetero) is 1. The first-order valence-electron chi connectivity index (χ1n) is 7.71. The average molecular weight is 290 g/mol. The van der Waals surface area contributed by atoms with Gasteiger partial charge in [0.2, 0.25) is 0 Å². The lowest BCUT2D eigenvalue weighted by atomic mass is 10.2. The molecule has 2 rings (SSSR count). The number of hydrogen-bond acceptors (Lipinski definition) is 5. The summed E-state index contributed by atoms with van der Waals surface area (Å²) in [5.74, 6) is 0.107. The summed E-state index contributed by atoms with van der Waals surface area (Å²) in [4.78, 5) is 22.9. The van der Waals surface area contributed by atoms with Crippen LogP contribution < -0.4 is 4.90 Å². The smallest absolute Gasteiger partial charge is 0.180 e. The van der Waals surface area contributed by atoms with Crippen molar-refractivity contribution in [2.24, 2.45) is 0 Å². The number of aromatic nitrogens is 1. The van der Waals surface area contributed by atoms with Crippen LogP contribution in [0.5, 0.6) is 0 Å². The molecule has 1 fully saturated rings. The van der Waals surface area contributed by atoms with Crippen LogP contribution in [-0.4, -0.2) is 73.9 Å². The van der Waals surface area contributed by atoms with Gasteiger partial charge in [0.05, 0.1) is 11.9 Å². The first-order chi connectivity index (χ1) is 10.1. The lowest BCUT2D eigenvalue weighted by Crippen LogP contribution is -2.48. The van der Waals surface area contributed by atoms with Crippen molar-refractivity contribution in [2.75, 3.05) is 58.3 Å². The van der Waals surface area contributed by atoms with Crippen LogP contribution in [0.1, 0.15) is 23.8 Å². The molecule has 1 aromatic rings. The maximum Gasteiger partial charge on any atom is 0.180 e. The van der Waals surface area contributed by atoms with Crippen molar-refractivity contribution in [3.63, 3.8) is 0 Å². The Labute approximate surface area is 127 Å². The normalized spacial score (nSPS) is 16.5. The Morgan fingerprint density at radius 2 is 1.95 bits per heavy atom. The van der Waals surface area contributed by atoms with E-state index in [1.54, 1.807) is 0 Å². The van der Waals surface area contributed by atoms with E-state index in [-0.39, 0.29) is 5.78 Å². The van der Waals surface area contributed by atoms with Gasteiger partial charge >= 0.3 is 0 Å². The summed E-state index contributed by atoms with van der Waals surface area (Å²) < 4.78 is 0. The van der Waals surface area contributed by atoms with Crippen LogP contribution in [0.2, 0.25) is 0 Å². The highest BCUT2D eigenvalue weighted by atomic mass is 16.1. The number of rotatable bonds is 6. The fourth-order valence-electron chi connectivity index (χ4n) is 2.49. The molecule has 0 aliphatic carbocycles. The summed E-state index contributed by atoms with van der Waals surface area (Å²) in [5.41, 5.74) is 1.70. The van der Waals surface area contributed by atoms with Crippen molar-refractivity contribution in [3.05, 3.63) is 24.0 Å². The SMILES string of the molecule is CCC(=O)c1ccc(N2CCN(CCN(C)C)CC2)cn1. The van der Waals surface area contributed by atoms with Gasteiger partial charge in [-0.05, 0) is 26.2 Å². The van der Waals surface area contributed by atoms with Crippen LogP contribution in [0, 0.1) is 0 Å². The Kier molecular flexibility index (Phi) is 5.70. The van der Waals surface area contributed by atoms with Crippen LogP contribution in [0.4, 0.5) is 5.69 Å².